The minimum Gasteiger partial charge on any atom is -0.336 e. The molecule has 1 aliphatic rings. The predicted molar refractivity (Wildman–Crippen MR) is 47.1 cm³/mol. The van der Waals surface area contributed by atoms with Gasteiger partial charge in [-0.2, -0.15) is 0 Å². The molecule has 1 heterocycles. The van der Waals surface area contributed by atoms with E-state index in [0.717, 1.165) is 0 Å². The molecule has 1 N–H and O–H groups in total. The SMILES string of the molecule is CCOC(OCC)N1CCNC1=O. The third-order valence-corrected chi connectivity index (χ3v) is 1.76. The summed E-state index contributed by atoms with van der Waals surface area (Å²) in [4.78, 5) is 12.8. The zero-order valence-electron chi connectivity index (χ0n) is 8.08. The third kappa shape index (κ3) is 2.57. The standard InChI is InChI=1S/C8H16N2O3/c1-3-12-8(13-4-2)10-6-5-9-7(10)11/h8H,3-6H2,1-2H3,(H,9,11). The molecule has 0 saturated carbocycles. The van der Waals surface area contributed by atoms with E-state index in [0.29, 0.717) is 26.3 Å². The van der Waals surface area contributed by atoms with E-state index in [1.54, 1.807) is 4.90 Å². The van der Waals surface area contributed by atoms with Gasteiger partial charge in [-0.05, 0) is 13.8 Å². The van der Waals surface area contributed by atoms with E-state index in [9.17, 15) is 4.79 Å². The highest BCUT2D eigenvalue weighted by atomic mass is 16.7. The monoisotopic (exact) mass is 188 g/mol. The van der Waals surface area contributed by atoms with Crippen LogP contribution < -0.4 is 5.32 Å². The zero-order chi connectivity index (χ0) is 9.68. The second-order valence-corrected chi connectivity index (χ2v) is 2.64. The predicted octanol–water partition coefficient (Wildman–Crippen LogP) is 0.368. The number of hydrogen-bond acceptors (Lipinski definition) is 3. The lowest BCUT2D eigenvalue weighted by atomic mass is 10.6. The summed E-state index contributed by atoms with van der Waals surface area (Å²) >= 11 is 0. The van der Waals surface area contributed by atoms with Crippen molar-refractivity contribution in [1.29, 1.82) is 0 Å². The van der Waals surface area contributed by atoms with Gasteiger partial charge in [0.1, 0.15) is 0 Å². The van der Waals surface area contributed by atoms with Gasteiger partial charge in [-0.1, -0.05) is 0 Å². The molecule has 5 nitrogen and oxygen atoms in total. The van der Waals surface area contributed by atoms with Gasteiger partial charge in [0.25, 0.3) is 0 Å². The van der Waals surface area contributed by atoms with E-state index in [-0.39, 0.29) is 6.03 Å². The molecule has 0 aliphatic carbocycles. The molecule has 1 rings (SSSR count). The second kappa shape index (κ2) is 5.04. The van der Waals surface area contributed by atoms with Gasteiger partial charge in [-0.15, -0.1) is 0 Å². The molecule has 0 spiro atoms. The lowest BCUT2D eigenvalue weighted by Crippen LogP contribution is -2.41. The maximum atomic E-state index is 11.2. The minimum atomic E-state index is -0.530. The average Bonchev–Trinajstić information content (AvgIpc) is 2.51. The molecule has 1 fully saturated rings. The van der Waals surface area contributed by atoms with E-state index in [1.807, 2.05) is 13.8 Å². The molecular formula is C8H16N2O3. The number of rotatable bonds is 5. The van der Waals surface area contributed by atoms with Crippen LogP contribution in [0, 0.1) is 0 Å². The molecule has 1 aliphatic heterocycles. The van der Waals surface area contributed by atoms with Gasteiger partial charge in [-0.25, -0.2) is 4.79 Å². The largest absolute Gasteiger partial charge is 0.336 e. The van der Waals surface area contributed by atoms with Crippen LogP contribution in [0.15, 0.2) is 0 Å². The van der Waals surface area contributed by atoms with Crippen LogP contribution in [0.4, 0.5) is 4.79 Å². The maximum absolute atomic E-state index is 11.2. The summed E-state index contributed by atoms with van der Waals surface area (Å²) in [6.07, 6.45) is -0.530. The molecule has 0 bridgehead atoms. The van der Waals surface area contributed by atoms with Gasteiger partial charge >= 0.3 is 6.03 Å². The van der Waals surface area contributed by atoms with Gasteiger partial charge in [0.15, 0.2) is 0 Å². The van der Waals surface area contributed by atoms with E-state index < -0.39 is 6.41 Å². The number of ether oxygens (including phenoxy) is 2. The molecule has 0 unspecified atom stereocenters. The topological polar surface area (TPSA) is 50.8 Å². The Morgan fingerprint density at radius 1 is 1.46 bits per heavy atom. The highest BCUT2D eigenvalue weighted by Gasteiger charge is 2.28. The number of hydrogen-bond donors (Lipinski definition) is 1. The van der Waals surface area contributed by atoms with Crippen LogP contribution >= 0.6 is 0 Å². The molecule has 2 amide bonds. The summed E-state index contributed by atoms with van der Waals surface area (Å²) in [6, 6.07) is -0.119. The summed E-state index contributed by atoms with van der Waals surface area (Å²) in [5.74, 6) is 0. The van der Waals surface area contributed by atoms with Crippen molar-refractivity contribution >= 4 is 6.03 Å². The Morgan fingerprint density at radius 3 is 2.46 bits per heavy atom. The van der Waals surface area contributed by atoms with E-state index in [1.165, 1.54) is 0 Å². The van der Waals surface area contributed by atoms with Crippen molar-refractivity contribution < 1.29 is 14.3 Å². The first kappa shape index (κ1) is 10.3. The zero-order valence-corrected chi connectivity index (χ0v) is 8.08. The Kier molecular flexibility index (Phi) is 3.98. The number of amides is 2. The summed E-state index contributed by atoms with van der Waals surface area (Å²) in [5, 5.41) is 2.69. The Balaban J connectivity index is 2.47. The Labute approximate surface area is 78.0 Å². The fraction of sp³-hybridized carbons (Fsp3) is 0.875. The summed E-state index contributed by atoms with van der Waals surface area (Å²) in [7, 11) is 0. The lowest BCUT2D eigenvalue weighted by Gasteiger charge is -2.25. The average molecular weight is 188 g/mol. The van der Waals surface area contributed by atoms with Gasteiger partial charge in [0.2, 0.25) is 6.41 Å². The van der Waals surface area contributed by atoms with Crippen LogP contribution in [-0.2, 0) is 9.47 Å². The van der Waals surface area contributed by atoms with E-state index in [4.69, 9.17) is 9.47 Å². The summed E-state index contributed by atoms with van der Waals surface area (Å²) in [6.45, 7) is 6.13. The molecule has 1 saturated heterocycles. The number of nitrogens with one attached hydrogen (secondary N) is 1. The second-order valence-electron chi connectivity index (χ2n) is 2.64. The van der Waals surface area contributed by atoms with E-state index in [2.05, 4.69) is 5.32 Å². The molecule has 5 heteroatoms. The molecule has 0 aromatic carbocycles. The van der Waals surface area contributed by atoms with Crippen LogP contribution in [0.1, 0.15) is 13.8 Å². The fourth-order valence-corrected chi connectivity index (χ4v) is 1.20. The van der Waals surface area contributed by atoms with Crippen molar-refractivity contribution in [3.63, 3.8) is 0 Å². The fourth-order valence-electron chi connectivity index (χ4n) is 1.20. The first-order valence-corrected chi connectivity index (χ1v) is 4.57. The number of carbonyl (C=O) groups excluding carboxylic acids is 1. The van der Waals surface area contributed by atoms with Gasteiger partial charge in [0.05, 0.1) is 0 Å². The quantitative estimate of drug-likeness (QED) is 0.634. The highest BCUT2D eigenvalue weighted by molar-refractivity contribution is 5.76. The molecular weight excluding hydrogens is 172 g/mol. The van der Waals surface area contributed by atoms with Crippen LogP contribution in [-0.4, -0.2) is 43.6 Å². The van der Waals surface area contributed by atoms with Crippen LogP contribution in [0.2, 0.25) is 0 Å². The molecule has 13 heavy (non-hydrogen) atoms. The normalized spacial score (nSPS) is 16.8. The van der Waals surface area contributed by atoms with E-state index >= 15 is 0 Å². The maximum Gasteiger partial charge on any atom is 0.321 e. The van der Waals surface area contributed by atoms with Crippen LogP contribution in [0.5, 0.6) is 0 Å². The minimum absolute atomic E-state index is 0.119. The summed E-state index contributed by atoms with van der Waals surface area (Å²) < 4.78 is 10.6. The van der Waals surface area contributed by atoms with Crippen molar-refractivity contribution in [3.8, 4) is 0 Å². The lowest BCUT2D eigenvalue weighted by molar-refractivity contribution is -0.199. The first-order valence-electron chi connectivity index (χ1n) is 4.57. The van der Waals surface area contributed by atoms with Gasteiger partial charge < -0.3 is 14.8 Å². The van der Waals surface area contributed by atoms with Crippen LogP contribution in [0.3, 0.4) is 0 Å². The summed E-state index contributed by atoms with van der Waals surface area (Å²) in [5.41, 5.74) is 0. The number of nitrogens with zero attached hydrogens (tertiary/aromatic N) is 1. The van der Waals surface area contributed by atoms with Gasteiger partial charge in [0, 0.05) is 26.3 Å². The Bertz CT molecular complexity index is 169. The molecule has 76 valence electrons. The Morgan fingerprint density at radius 2 is 2.08 bits per heavy atom. The van der Waals surface area contributed by atoms with Crippen molar-refractivity contribution in [3.05, 3.63) is 0 Å². The first-order chi connectivity index (χ1) is 6.29. The molecule has 0 aromatic rings. The van der Waals surface area contributed by atoms with Crippen LogP contribution in [0.25, 0.3) is 0 Å². The van der Waals surface area contributed by atoms with Gasteiger partial charge in [-0.3, -0.25) is 4.90 Å². The van der Waals surface area contributed by atoms with Crippen molar-refractivity contribution in [2.45, 2.75) is 20.3 Å². The van der Waals surface area contributed by atoms with Crippen molar-refractivity contribution in [2.24, 2.45) is 0 Å². The third-order valence-electron chi connectivity index (χ3n) is 1.76. The highest BCUT2D eigenvalue weighted by Crippen LogP contribution is 2.07. The molecule has 0 atom stereocenters. The molecule has 0 radical (unpaired) electrons. The number of urea groups is 1. The van der Waals surface area contributed by atoms with Crippen molar-refractivity contribution in [2.75, 3.05) is 26.3 Å². The smallest absolute Gasteiger partial charge is 0.321 e. The van der Waals surface area contributed by atoms with Crippen molar-refractivity contribution in [1.82, 2.24) is 10.2 Å². The molecule has 0 aromatic heterocycles. The number of carbonyl (C=O) groups is 1. The Hall–Kier alpha value is -0.810.